The highest BCUT2D eigenvalue weighted by Crippen LogP contribution is 2.59. The molecule has 13 heteroatoms. The van der Waals surface area contributed by atoms with Gasteiger partial charge in [0.05, 0.1) is 42.9 Å². The number of aromatic nitrogens is 1. The van der Waals surface area contributed by atoms with Crippen LogP contribution in [0.2, 0.25) is 0 Å². The van der Waals surface area contributed by atoms with Gasteiger partial charge in [-0.2, -0.15) is 21.4 Å². The fourth-order valence-corrected chi connectivity index (χ4v) is 9.91. The lowest BCUT2D eigenvalue weighted by molar-refractivity contribution is -0.668. The highest BCUT2D eigenvalue weighted by atomic mass is 32.2. The minimum atomic E-state index is -4.37. The molecule has 2 N–H and O–H groups in total. The van der Waals surface area contributed by atoms with Gasteiger partial charge in [-0.25, -0.2) is 4.48 Å². The molecule has 1 saturated heterocycles. The van der Waals surface area contributed by atoms with Crippen molar-refractivity contribution in [2.24, 2.45) is 0 Å². The Morgan fingerprint density at radius 3 is 2.46 bits per heavy atom. The summed E-state index contributed by atoms with van der Waals surface area (Å²) in [5.74, 6) is 0.261. The number of nitrogens with zero attached hydrogens (tertiary/aromatic N) is 2. The summed E-state index contributed by atoms with van der Waals surface area (Å²) in [7, 11) is -6.93. The van der Waals surface area contributed by atoms with Crippen LogP contribution in [0, 0.1) is 0 Å². The number of hydrogen-bond donors (Lipinski definition) is 2. The van der Waals surface area contributed by atoms with E-state index in [0.29, 0.717) is 25.3 Å². The average molecular weight is 633 g/mol. The Bertz CT molecular complexity index is 1900. The zero-order valence-electron chi connectivity index (χ0n) is 22.0. The number of thioether (sulfide) groups is 1. The van der Waals surface area contributed by atoms with Crippen molar-refractivity contribution >= 4 is 65.3 Å². The van der Waals surface area contributed by atoms with Crippen molar-refractivity contribution < 1.29 is 35.2 Å². The van der Waals surface area contributed by atoms with Crippen LogP contribution >= 0.6 is 23.1 Å². The number of thiazole rings is 1. The molecule has 2 unspecified atom stereocenters. The fraction of sp³-hybridized carbons (Fsp3) is 0.250. The van der Waals surface area contributed by atoms with Gasteiger partial charge in [0.25, 0.3) is 15.1 Å². The van der Waals surface area contributed by atoms with E-state index in [2.05, 4.69) is 0 Å². The summed E-state index contributed by atoms with van der Waals surface area (Å²) in [4.78, 5) is 0.921. The van der Waals surface area contributed by atoms with E-state index in [0.717, 1.165) is 42.0 Å². The number of hydrogen-bond acceptors (Lipinski definition) is 7. The quantitative estimate of drug-likeness (QED) is 0.155. The van der Waals surface area contributed by atoms with E-state index < -0.39 is 25.6 Å². The molecule has 41 heavy (non-hydrogen) atoms. The average Bonchev–Trinajstić information content (AvgIpc) is 3.41. The summed E-state index contributed by atoms with van der Waals surface area (Å²) in [6.07, 6.45) is 2.46. The summed E-state index contributed by atoms with van der Waals surface area (Å²) in [5.41, 5.74) is 3.64. The minimum absolute atomic E-state index is 0.00208. The Morgan fingerprint density at radius 2 is 1.80 bits per heavy atom. The summed E-state index contributed by atoms with van der Waals surface area (Å²) in [6.45, 7) is 0.819. The van der Waals surface area contributed by atoms with E-state index >= 15 is 0 Å². The highest BCUT2D eigenvalue weighted by molar-refractivity contribution is 8.03. The maximum absolute atomic E-state index is 12.7. The molecule has 2 aliphatic rings. The Balaban J connectivity index is 1.50. The lowest BCUT2D eigenvalue weighted by atomic mass is 10.0. The molecule has 214 valence electrons. The van der Waals surface area contributed by atoms with E-state index in [-0.39, 0.29) is 16.7 Å². The molecule has 1 spiro atoms. The van der Waals surface area contributed by atoms with Crippen molar-refractivity contribution in [1.82, 2.24) is 4.48 Å². The van der Waals surface area contributed by atoms with Gasteiger partial charge in [0.2, 0.25) is 10.9 Å². The number of benzene rings is 3. The molecule has 0 radical (unpaired) electrons. The zero-order chi connectivity index (χ0) is 29.0. The second-order valence-electron chi connectivity index (χ2n) is 10.0. The normalized spacial score (nSPS) is 21.3. The summed E-state index contributed by atoms with van der Waals surface area (Å²) < 4.78 is 76.1. The molecule has 2 aliphatic heterocycles. The Labute approximate surface area is 246 Å². The van der Waals surface area contributed by atoms with Gasteiger partial charge in [-0.3, -0.25) is 9.11 Å². The summed E-state index contributed by atoms with van der Waals surface area (Å²) >= 11 is 2.98. The first-order chi connectivity index (χ1) is 19.5. The molecule has 3 heterocycles. The fourth-order valence-electron chi connectivity index (χ4n) is 5.64. The zero-order valence-corrected chi connectivity index (χ0v) is 25.3. The Hall–Kier alpha value is -2.78. The molecule has 0 aliphatic carbocycles. The number of fused-ring (bicyclic) bond motifs is 3. The van der Waals surface area contributed by atoms with Gasteiger partial charge in [-0.1, -0.05) is 47.7 Å². The van der Waals surface area contributed by atoms with Crippen molar-refractivity contribution in [2.45, 2.75) is 29.7 Å². The summed E-state index contributed by atoms with van der Waals surface area (Å²) in [6, 6.07) is 21.5. The minimum Gasteiger partial charge on any atom is -0.497 e. The molecule has 9 nitrogen and oxygen atoms in total. The Morgan fingerprint density at radius 1 is 1.02 bits per heavy atom. The van der Waals surface area contributed by atoms with Crippen LogP contribution in [0.15, 0.2) is 76.7 Å². The predicted molar refractivity (Wildman–Crippen MR) is 162 cm³/mol. The number of methoxy groups -OCH3 is 1. The van der Waals surface area contributed by atoms with Crippen LogP contribution in [0.1, 0.15) is 17.8 Å². The maximum Gasteiger partial charge on any atom is 0.320 e. The molecule has 3 aromatic carbocycles. The van der Waals surface area contributed by atoms with Crippen LogP contribution in [0.3, 0.4) is 0 Å². The van der Waals surface area contributed by atoms with Crippen LogP contribution in [-0.4, -0.2) is 50.7 Å². The first kappa shape index (κ1) is 28.3. The molecule has 1 fully saturated rings. The van der Waals surface area contributed by atoms with E-state index in [9.17, 15) is 25.9 Å². The molecule has 0 bridgehead atoms. The lowest BCUT2D eigenvalue weighted by Gasteiger charge is -2.47. The van der Waals surface area contributed by atoms with Crippen molar-refractivity contribution in [2.75, 3.05) is 19.4 Å². The third-order valence-electron chi connectivity index (χ3n) is 7.64. The van der Waals surface area contributed by atoms with Crippen molar-refractivity contribution in [1.29, 1.82) is 0 Å². The monoisotopic (exact) mass is 632 g/mol. The first-order valence-corrected chi connectivity index (χ1v) is 17.6. The van der Waals surface area contributed by atoms with Crippen LogP contribution < -0.4 is 13.8 Å². The van der Waals surface area contributed by atoms with Gasteiger partial charge >= 0.3 is 10.1 Å². The standard InChI is InChI=1S/C28H26N2O7S4/c1-37-21-9-11-24-22(17-21)29(13-5-15-40(31,32)33)26(38-24)18-27-30(14-12-28(30)41(34,35)36)23-16-20(8-10-25(23)39-27)19-6-3-2-4-7-19/h2-4,6-11,16-18,28H,5,12-15H2,1H3/p+2. The van der Waals surface area contributed by atoms with Crippen molar-refractivity contribution in [3.8, 4) is 16.9 Å². The maximum atomic E-state index is 12.7. The molecule has 1 aromatic heterocycles. The van der Waals surface area contributed by atoms with Crippen LogP contribution in [-0.2, 0) is 26.8 Å². The van der Waals surface area contributed by atoms with E-state index in [1.54, 1.807) is 7.11 Å². The third kappa shape index (κ3) is 5.20. The van der Waals surface area contributed by atoms with Crippen LogP contribution in [0.5, 0.6) is 5.75 Å². The van der Waals surface area contributed by atoms with Crippen LogP contribution in [0.4, 0.5) is 5.69 Å². The van der Waals surface area contributed by atoms with Gasteiger partial charge in [-0.05, 0) is 41.1 Å². The predicted octanol–water partition coefficient (Wildman–Crippen LogP) is 5.17. The van der Waals surface area contributed by atoms with E-state index in [1.165, 1.54) is 23.1 Å². The van der Waals surface area contributed by atoms with Gasteiger partial charge < -0.3 is 4.74 Å². The molecular weight excluding hydrogens is 605 g/mol. The highest BCUT2D eigenvalue weighted by Gasteiger charge is 2.62. The molecule has 0 amide bonds. The van der Waals surface area contributed by atoms with Gasteiger partial charge in [0.1, 0.15) is 10.4 Å². The van der Waals surface area contributed by atoms with Crippen LogP contribution in [0.25, 0.3) is 27.4 Å². The number of rotatable bonds is 8. The molecule has 0 saturated carbocycles. The van der Waals surface area contributed by atoms with E-state index in [1.807, 2.05) is 77.4 Å². The molecule has 2 atom stereocenters. The van der Waals surface area contributed by atoms with Gasteiger partial charge in [0, 0.05) is 12.5 Å². The van der Waals surface area contributed by atoms with E-state index in [4.69, 9.17) is 4.74 Å². The SMILES string of the molecule is COc1ccc2sc(C=C3Sc4ccc(-c5ccccc5)cc4[N+]34CCC4S(=O)(=O)O)[n+](CCCS(=O)(=O)O)c2c1. The second-order valence-corrected chi connectivity index (χ2v) is 15.3. The first-order valence-electron chi connectivity index (χ1n) is 12.9. The topological polar surface area (TPSA) is 122 Å². The van der Waals surface area contributed by atoms with Crippen molar-refractivity contribution in [3.63, 3.8) is 0 Å². The summed E-state index contributed by atoms with van der Waals surface area (Å²) in [5, 5.41) is 0.526. The molecule has 6 rings (SSSR count). The smallest absolute Gasteiger partial charge is 0.320 e. The van der Waals surface area contributed by atoms with Crippen molar-refractivity contribution in [3.05, 3.63) is 76.8 Å². The molecule has 4 aromatic rings. The lowest BCUT2D eigenvalue weighted by Crippen LogP contribution is -2.66. The third-order valence-corrected chi connectivity index (χ3v) is 12.1. The number of aryl methyl sites for hydroxylation is 1. The second kappa shape index (κ2) is 10.5. The molecular formula is C28H28N2O7S4+2. The number of quaternary nitrogens is 1. The Kier molecular flexibility index (Phi) is 7.25. The van der Waals surface area contributed by atoms with Gasteiger partial charge in [-0.15, -0.1) is 0 Å². The number of ether oxygens (including phenoxy) is 1. The van der Waals surface area contributed by atoms with Gasteiger partial charge in [0.15, 0.2) is 17.3 Å². The largest absolute Gasteiger partial charge is 0.497 e.